The third kappa shape index (κ3) is 6.42. The fourth-order valence-corrected chi connectivity index (χ4v) is 3.86. The lowest BCUT2D eigenvalue weighted by atomic mass is 9.84. The number of carbonyl (C=O) groups excluding carboxylic acids is 1. The summed E-state index contributed by atoms with van der Waals surface area (Å²) < 4.78 is 0.820. The third-order valence-electron chi connectivity index (χ3n) is 5.36. The zero-order chi connectivity index (χ0) is 21.5. The van der Waals surface area contributed by atoms with Crippen molar-refractivity contribution >= 4 is 39.3 Å². The van der Waals surface area contributed by atoms with Crippen molar-refractivity contribution in [3.05, 3.63) is 40.5 Å². The van der Waals surface area contributed by atoms with Gasteiger partial charge in [0.25, 0.3) is 0 Å². The average molecular weight is 474 g/mol. The molecule has 0 atom stereocenters. The maximum atomic E-state index is 12.2. The first kappa shape index (κ1) is 22.5. The fourth-order valence-electron chi connectivity index (χ4n) is 3.53. The maximum absolute atomic E-state index is 12.2. The van der Waals surface area contributed by atoms with Crippen LogP contribution in [0.25, 0.3) is 0 Å². The molecule has 1 fully saturated rings. The Morgan fingerprint density at radius 3 is 2.83 bits per heavy atom. The second kappa shape index (κ2) is 10.8. The molecule has 1 aliphatic rings. The predicted molar refractivity (Wildman–Crippen MR) is 126 cm³/mol. The zero-order valence-electron chi connectivity index (χ0n) is 18.1. The molecule has 1 heterocycles. The van der Waals surface area contributed by atoms with E-state index in [1.54, 1.807) is 6.20 Å². The first-order valence-electron chi connectivity index (χ1n) is 10.8. The molecular weight excluding hydrogens is 442 g/mol. The van der Waals surface area contributed by atoms with E-state index in [-0.39, 0.29) is 11.8 Å². The molecule has 162 valence electrons. The number of amides is 1. The molecule has 2 aromatic rings. The Morgan fingerprint density at radius 2 is 2.13 bits per heavy atom. The highest BCUT2D eigenvalue weighted by atomic mass is 79.9. The van der Waals surface area contributed by atoms with E-state index in [0.717, 1.165) is 54.8 Å². The Bertz CT molecular complexity index is 853. The van der Waals surface area contributed by atoms with Gasteiger partial charge < -0.3 is 15.5 Å². The van der Waals surface area contributed by atoms with Crippen molar-refractivity contribution in [1.82, 2.24) is 14.9 Å². The van der Waals surface area contributed by atoms with Crippen molar-refractivity contribution in [2.45, 2.75) is 46.0 Å². The van der Waals surface area contributed by atoms with Crippen LogP contribution >= 0.6 is 15.9 Å². The van der Waals surface area contributed by atoms with E-state index in [1.165, 1.54) is 12.0 Å². The Hall–Kier alpha value is -2.15. The highest BCUT2D eigenvalue weighted by Crippen LogP contribution is 2.28. The number of benzene rings is 1. The molecule has 0 spiro atoms. The lowest BCUT2D eigenvalue weighted by Gasteiger charge is -2.29. The van der Waals surface area contributed by atoms with E-state index in [4.69, 9.17) is 0 Å². The molecule has 1 aliphatic carbocycles. The third-order valence-corrected chi connectivity index (χ3v) is 5.94. The van der Waals surface area contributed by atoms with Crippen LogP contribution < -0.4 is 10.6 Å². The second-order valence-electron chi connectivity index (χ2n) is 8.48. The van der Waals surface area contributed by atoms with Crippen molar-refractivity contribution in [2.75, 3.05) is 30.8 Å². The molecule has 0 saturated heterocycles. The largest absolute Gasteiger partial charge is 0.369 e. The van der Waals surface area contributed by atoms with Gasteiger partial charge in [-0.2, -0.15) is 4.98 Å². The molecule has 1 aromatic carbocycles. The second-order valence-corrected chi connectivity index (χ2v) is 9.34. The summed E-state index contributed by atoms with van der Waals surface area (Å²) in [5.74, 6) is 2.46. The number of nitrogens with one attached hydrogen (secondary N) is 2. The van der Waals surface area contributed by atoms with E-state index < -0.39 is 0 Å². The van der Waals surface area contributed by atoms with Gasteiger partial charge in [-0.05, 0) is 65.2 Å². The van der Waals surface area contributed by atoms with Gasteiger partial charge in [-0.25, -0.2) is 4.98 Å². The number of carbonyl (C=O) groups is 1. The van der Waals surface area contributed by atoms with Gasteiger partial charge in [0.2, 0.25) is 11.9 Å². The molecule has 1 aromatic heterocycles. The van der Waals surface area contributed by atoms with E-state index in [1.807, 2.05) is 18.0 Å². The molecular formula is C23H32BrN5O. The van der Waals surface area contributed by atoms with Gasteiger partial charge in [0.1, 0.15) is 5.82 Å². The van der Waals surface area contributed by atoms with Crippen LogP contribution in [0.5, 0.6) is 0 Å². The molecule has 2 N–H and O–H groups in total. The lowest BCUT2D eigenvalue weighted by Crippen LogP contribution is -2.37. The minimum atomic E-state index is 0.256. The van der Waals surface area contributed by atoms with E-state index in [9.17, 15) is 4.79 Å². The van der Waals surface area contributed by atoms with E-state index in [0.29, 0.717) is 11.9 Å². The topological polar surface area (TPSA) is 70.2 Å². The molecule has 1 saturated carbocycles. The lowest BCUT2D eigenvalue weighted by molar-refractivity contribution is -0.136. The minimum absolute atomic E-state index is 0.256. The number of anilines is 3. The van der Waals surface area contributed by atoms with Crippen LogP contribution in [0.2, 0.25) is 0 Å². The summed E-state index contributed by atoms with van der Waals surface area (Å²) >= 11 is 3.52. The number of nitrogens with zero attached hydrogens (tertiary/aromatic N) is 3. The Kier molecular flexibility index (Phi) is 8.08. The molecule has 0 bridgehead atoms. The van der Waals surface area contributed by atoms with Crippen LogP contribution in [0.3, 0.4) is 0 Å². The molecule has 3 rings (SSSR count). The van der Waals surface area contributed by atoms with E-state index >= 15 is 0 Å². The Labute approximate surface area is 188 Å². The minimum Gasteiger partial charge on any atom is -0.369 e. The van der Waals surface area contributed by atoms with Crippen LogP contribution in [0.4, 0.5) is 17.5 Å². The monoisotopic (exact) mass is 473 g/mol. The van der Waals surface area contributed by atoms with Crippen molar-refractivity contribution in [1.29, 1.82) is 0 Å². The molecule has 0 unspecified atom stereocenters. The molecule has 1 amide bonds. The van der Waals surface area contributed by atoms with E-state index in [2.05, 4.69) is 68.6 Å². The molecule has 0 aliphatic heterocycles. The number of rotatable bonds is 10. The van der Waals surface area contributed by atoms with Crippen molar-refractivity contribution in [2.24, 2.45) is 11.8 Å². The normalized spacial score (nSPS) is 13.8. The first-order valence-corrected chi connectivity index (χ1v) is 11.6. The summed E-state index contributed by atoms with van der Waals surface area (Å²) in [6.07, 6.45) is 6.94. The Morgan fingerprint density at radius 1 is 1.33 bits per heavy atom. The predicted octanol–water partition coefficient (Wildman–Crippen LogP) is 5.24. The molecule has 0 radical (unpaired) electrons. The maximum Gasteiger partial charge on any atom is 0.229 e. The summed E-state index contributed by atoms with van der Waals surface area (Å²) in [5.41, 5.74) is 2.28. The Balaban J connectivity index is 1.51. The highest BCUT2D eigenvalue weighted by Gasteiger charge is 2.27. The summed E-state index contributed by atoms with van der Waals surface area (Å²) in [7, 11) is 1.90. The SMILES string of the molecule is CC(C)Cc1cccc(Nc2ncc(Br)c(NCCCN(C)C(=O)C3CCC3)n2)c1. The van der Waals surface area contributed by atoms with Crippen LogP contribution in [0, 0.1) is 11.8 Å². The zero-order valence-corrected chi connectivity index (χ0v) is 19.7. The molecule has 30 heavy (non-hydrogen) atoms. The van der Waals surface area contributed by atoms with Gasteiger partial charge in [0, 0.05) is 37.9 Å². The van der Waals surface area contributed by atoms with Gasteiger partial charge in [-0.3, -0.25) is 4.79 Å². The molecule has 7 heteroatoms. The average Bonchev–Trinajstić information content (AvgIpc) is 2.65. The first-order chi connectivity index (χ1) is 14.4. The smallest absolute Gasteiger partial charge is 0.229 e. The standard InChI is InChI=1S/C23H32BrN5O/c1-16(2)13-17-7-4-10-19(14-17)27-23-26-15-20(24)21(28-23)25-11-6-12-29(3)22(30)18-8-5-9-18/h4,7,10,14-16,18H,5-6,8-9,11-13H2,1-3H3,(H2,25,26,27,28). The van der Waals surface area contributed by atoms with Gasteiger partial charge in [0.15, 0.2) is 0 Å². The number of hydrogen-bond acceptors (Lipinski definition) is 5. The van der Waals surface area contributed by atoms with Crippen LogP contribution in [-0.4, -0.2) is 40.9 Å². The van der Waals surface area contributed by atoms with Crippen molar-refractivity contribution < 1.29 is 4.79 Å². The van der Waals surface area contributed by atoms with Gasteiger partial charge in [0.05, 0.1) is 4.47 Å². The fraction of sp³-hybridized carbons (Fsp3) is 0.522. The summed E-state index contributed by atoms with van der Waals surface area (Å²) in [6, 6.07) is 8.37. The number of aromatic nitrogens is 2. The number of hydrogen-bond donors (Lipinski definition) is 2. The summed E-state index contributed by atoms with van der Waals surface area (Å²) in [4.78, 5) is 23.1. The molecule has 6 nitrogen and oxygen atoms in total. The van der Waals surface area contributed by atoms with Crippen LogP contribution in [-0.2, 0) is 11.2 Å². The van der Waals surface area contributed by atoms with Gasteiger partial charge >= 0.3 is 0 Å². The van der Waals surface area contributed by atoms with Gasteiger partial charge in [-0.1, -0.05) is 32.4 Å². The highest BCUT2D eigenvalue weighted by molar-refractivity contribution is 9.10. The van der Waals surface area contributed by atoms with Crippen molar-refractivity contribution in [3.8, 4) is 0 Å². The van der Waals surface area contributed by atoms with Crippen LogP contribution in [0.1, 0.15) is 45.1 Å². The van der Waals surface area contributed by atoms with Crippen molar-refractivity contribution in [3.63, 3.8) is 0 Å². The van der Waals surface area contributed by atoms with Crippen LogP contribution in [0.15, 0.2) is 34.9 Å². The summed E-state index contributed by atoms with van der Waals surface area (Å²) in [5, 5.41) is 6.65. The van der Waals surface area contributed by atoms with Gasteiger partial charge in [-0.15, -0.1) is 0 Å². The quantitative estimate of drug-likeness (QED) is 0.461. The summed E-state index contributed by atoms with van der Waals surface area (Å²) in [6.45, 7) is 5.92. The number of halogens is 1.